The summed E-state index contributed by atoms with van der Waals surface area (Å²) in [5, 5.41) is 6.13. The summed E-state index contributed by atoms with van der Waals surface area (Å²) < 4.78 is 9.65. The molecule has 142 valence electrons. The van der Waals surface area contributed by atoms with E-state index in [4.69, 9.17) is 9.84 Å². The fraction of sp³-hybridized carbons (Fsp3) is 0.684. The van der Waals surface area contributed by atoms with Gasteiger partial charge in [0.05, 0.1) is 0 Å². The molecule has 5 nitrogen and oxygen atoms in total. The van der Waals surface area contributed by atoms with Crippen LogP contribution in [-0.4, -0.2) is 60.6 Å². The number of aromatic nitrogens is 2. The first-order valence-corrected chi connectivity index (χ1v) is 12.9. The Morgan fingerprint density at radius 3 is 2.42 bits per heavy atom. The molecule has 2 aromatic heterocycles. The van der Waals surface area contributed by atoms with Gasteiger partial charge in [0.1, 0.15) is 0 Å². The summed E-state index contributed by atoms with van der Waals surface area (Å²) >= 11 is 1.32. The number of thiophene rings is 1. The van der Waals surface area contributed by atoms with Crippen LogP contribution in [0.15, 0.2) is 12.3 Å². The molecule has 3 heterocycles. The van der Waals surface area contributed by atoms with Gasteiger partial charge < -0.3 is 0 Å². The Bertz CT molecular complexity index is 745. The third kappa shape index (κ3) is 5.15. The van der Waals surface area contributed by atoms with E-state index in [2.05, 4.69) is 37.7 Å². The third-order valence-electron chi connectivity index (χ3n) is 4.21. The topological polar surface area (TPSA) is 47.4 Å². The van der Waals surface area contributed by atoms with Gasteiger partial charge >= 0.3 is 150 Å². The Hall–Kier alpha value is -0.761. The van der Waals surface area contributed by atoms with Gasteiger partial charge in [0.2, 0.25) is 0 Å². The Morgan fingerprint density at radius 2 is 1.88 bits per heavy atom. The maximum absolute atomic E-state index is 12.2. The number of ether oxygens (including phenoxy) is 1. The molecular weight excluding hydrogens is 453 g/mol. The van der Waals surface area contributed by atoms with Crippen LogP contribution in [0.2, 0.25) is 3.43 Å². The number of nitrogens with zero attached hydrogens (tertiary/aromatic N) is 3. The van der Waals surface area contributed by atoms with Crippen LogP contribution >= 0.6 is 11.3 Å². The summed E-state index contributed by atoms with van der Waals surface area (Å²) in [5.41, 5.74) is -0.435. The van der Waals surface area contributed by atoms with Gasteiger partial charge in [-0.1, -0.05) is 0 Å². The van der Waals surface area contributed by atoms with E-state index in [0.717, 1.165) is 25.9 Å². The van der Waals surface area contributed by atoms with Crippen molar-refractivity contribution < 1.29 is 9.53 Å². The van der Waals surface area contributed by atoms with Crippen LogP contribution in [0.1, 0.15) is 60.4 Å². The van der Waals surface area contributed by atoms with Gasteiger partial charge in [-0.2, -0.15) is 0 Å². The number of fused-ring (bicyclic) bond motifs is 1. The van der Waals surface area contributed by atoms with Gasteiger partial charge in [0.15, 0.2) is 0 Å². The summed E-state index contributed by atoms with van der Waals surface area (Å²) in [4.78, 5) is 15.2. The molecule has 2 radical (unpaired) electrons. The Morgan fingerprint density at radius 1 is 1.23 bits per heavy atom. The van der Waals surface area contributed by atoms with Crippen molar-refractivity contribution in [3.05, 3.63) is 12.3 Å². The average Bonchev–Trinajstić information content (AvgIpc) is 3.02. The minimum absolute atomic E-state index is 0.199. The number of piperidine rings is 1. The molecule has 3 rings (SSSR count). The van der Waals surface area contributed by atoms with Crippen molar-refractivity contribution in [3.8, 4) is 0 Å². The molecule has 1 aliphatic rings. The van der Waals surface area contributed by atoms with Crippen LogP contribution in [-0.2, 0) is 4.74 Å². The second-order valence-electron chi connectivity index (χ2n) is 9.05. The van der Waals surface area contributed by atoms with Gasteiger partial charge in [-0.15, -0.1) is 0 Å². The molecule has 0 unspecified atom stereocenters. The van der Waals surface area contributed by atoms with E-state index in [1.54, 1.807) is 2.89 Å². The van der Waals surface area contributed by atoms with Crippen molar-refractivity contribution >= 4 is 51.7 Å². The van der Waals surface area contributed by atoms with Crippen LogP contribution in [0, 0.1) is 0 Å². The minimum atomic E-state index is -0.559. The maximum atomic E-state index is 12.2. The fourth-order valence-electron chi connectivity index (χ4n) is 3.10. The van der Waals surface area contributed by atoms with E-state index in [0.29, 0.717) is 9.47 Å². The quantitative estimate of drug-likeness (QED) is 0.603. The van der Waals surface area contributed by atoms with E-state index in [-0.39, 0.29) is 6.09 Å². The predicted octanol–water partition coefficient (Wildman–Crippen LogP) is 4.22. The number of rotatable bonds is 2. The molecule has 0 spiro atoms. The van der Waals surface area contributed by atoms with Gasteiger partial charge in [-0.3, -0.25) is 0 Å². The van der Waals surface area contributed by atoms with Gasteiger partial charge in [0, 0.05) is 0 Å². The summed E-state index contributed by atoms with van der Waals surface area (Å²) in [6, 6.07) is 2.73. The predicted molar refractivity (Wildman–Crippen MR) is 109 cm³/mol. The van der Waals surface area contributed by atoms with E-state index < -0.39 is 26.7 Å². The van der Waals surface area contributed by atoms with Gasteiger partial charge in [-0.05, 0) is 20.8 Å². The van der Waals surface area contributed by atoms with Crippen molar-refractivity contribution in [1.82, 2.24) is 14.7 Å². The second kappa shape index (κ2) is 7.34. The van der Waals surface area contributed by atoms with Gasteiger partial charge in [0.25, 0.3) is 0 Å². The van der Waals surface area contributed by atoms with Crippen LogP contribution in [0.4, 0.5) is 4.79 Å². The molecule has 26 heavy (non-hydrogen) atoms. The molecular formula is C19H29N3O2SSn. The molecule has 0 saturated carbocycles. The summed E-state index contributed by atoms with van der Waals surface area (Å²) in [6.07, 6.45) is 3.86. The SMILES string of the molecule is CC(C)(C)OC(=O)N1CCC(n2cc3c[c]([Sn][C](C)(C)C)sc3n2)CC1. The normalized spacial score (nSPS) is 17.1. The monoisotopic (exact) mass is 483 g/mol. The molecule has 2 aromatic rings. The van der Waals surface area contributed by atoms with E-state index >= 15 is 0 Å². The number of hydrogen-bond acceptors (Lipinski definition) is 4. The molecule has 7 heteroatoms. The number of carbonyl (C=O) groups excluding carboxylic acids is 1. The van der Waals surface area contributed by atoms with Crippen molar-refractivity contribution in [2.24, 2.45) is 0 Å². The van der Waals surface area contributed by atoms with Crippen LogP contribution in [0.25, 0.3) is 10.2 Å². The summed E-state index contributed by atoms with van der Waals surface area (Å²) in [7, 11) is 0. The van der Waals surface area contributed by atoms with E-state index in [1.165, 1.54) is 10.2 Å². The van der Waals surface area contributed by atoms with E-state index in [1.807, 2.05) is 37.0 Å². The van der Waals surface area contributed by atoms with Crippen molar-refractivity contribution in [1.29, 1.82) is 0 Å². The van der Waals surface area contributed by atoms with Crippen molar-refractivity contribution in [3.63, 3.8) is 0 Å². The zero-order chi connectivity index (χ0) is 19.1. The van der Waals surface area contributed by atoms with Crippen molar-refractivity contribution in [2.75, 3.05) is 13.1 Å². The standard InChI is InChI=1S/C15H20N3O2S.C4H9.Sn/c1-15(2,3)20-14(19)17-7-4-12(5-8-17)18-10-11-6-9-21-13(11)16-18;1-4(2)3;/h6,10,12H,4-5,7-8H2,1-3H3;1-3H3;. The van der Waals surface area contributed by atoms with Gasteiger partial charge in [-0.25, -0.2) is 0 Å². The molecule has 0 aliphatic carbocycles. The Balaban J connectivity index is 1.61. The van der Waals surface area contributed by atoms with Crippen LogP contribution in [0.5, 0.6) is 0 Å². The second-order valence-corrected chi connectivity index (χ2v) is 17.7. The summed E-state index contributed by atoms with van der Waals surface area (Å²) in [5.74, 6) is 0. The van der Waals surface area contributed by atoms with E-state index in [9.17, 15) is 4.79 Å². The number of hydrogen-bond donors (Lipinski definition) is 0. The molecule has 0 atom stereocenters. The molecule has 1 fully saturated rings. The molecule has 1 aliphatic heterocycles. The first kappa shape index (κ1) is 20.0. The first-order chi connectivity index (χ1) is 12.0. The number of likely N-dealkylation sites (tertiary alicyclic amines) is 1. The first-order valence-electron chi connectivity index (χ1n) is 9.25. The zero-order valence-electron chi connectivity index (χ0n) is 16.6. The van der Waals surface area contributed by atoms with Crippen LogP contribution < -0.4 is 2.89 Å². The fourth-order valence-corrected chi connectivity index (χ4v) is 9.99. The van der Waals surface area contributed by atoms with Crippen molar-refractivity contribution in [2.45, 2.75) is 69.5 Å². The number of amides is 1. The molecule has 1 saturated heterocycles. The Kier molecular flexibility index (Phi) is 5.64. The molecule has 0 N–H and O–H groups in total. The average molecular weight is 482 g/mol. The molecule has 0 aromatic carbocycles. The summed E-state index contributed by atoms with van der Waals surface area (Å²) in [6.45, 7) is 14.2. The van der Waals surface area contributed by atoms with Crippen LogP contribution in [0.3, 0.4) is 0 Å². The number of carbonyl (C=O) groups is 1. The zero-order valence-corrected chi connectivity index (χ0v) is 20.3. The molecule has 0 bridgehead atoms. The molecule has 1 amide bonds. The Labute approximate surface area is 170 Å². The third-order valence-corrected chi connectivity index (χ3v) is 9.87.